The van der Waals surface area contributed by atoms with E-state index in [0.717, 1.165) is 36.8 Å². The minimum absolute atomic E-state index is 0.269. The van der Waals surface area contributed by atoms with E-state index in [9.17, 15) is 4.79 Å². The van der Waals surface area contributed by atoms with Crippen molar-refractivity contribution in [3.63, 3.8) is 0 Å². The van der Waals surface area contributed by atoms with Crippen molar-refractivity contribution in [2.75, 3.05) is 11.9 Å². The number of hydrogen-bond acceptors (Lipinski definition) is 3. The molecule has 0 amide bonds. The second kappa shape index (κ2) is 7.88. The lowest BCUT2D eigenvalue weighted by molar-refractivity contribution is -0.107. The molecule has 0 aliphatic rings. The molecule has 0 fully saturated rings. The van der Waals surface area contributed by atoms with Gasteiger partial charge in [0.2, 0.25) is 0 Å². The van der Waals surface area contributed by atoms with Crippen LogP contribution in [0.15, 0.2) is 18.2 Å². The quantitative estimate of drug-likeness (QED) is 0.476. The number of hydrogen-bond donors (Lipinski definition) is 1. The number of carbonyl (C=O) groups is 1. The lowest BCUT2D eigenvalue weighted by Crippen LogP contribution is -2.02. The van der Waals surface area contributed by atoms with E-state index in [1.807, 2.05) is 24.3 Å². The molecule has 0 aliphatic carbocycles. The van der Waals surface area contributed by atoms with E-state index < -0.39 is 0 Å². The summed E-state index contributed by atoms with van der Waals surface area (Å²) in [6.07, 6.45) is 4.11. The van der Waals surface area contributed by atoms with Crippen molar-refractivity contribution >= 4 is 27.9 Å². The second-order valence-electron chi connectivity index (χ2n) is 4.12. The van der Waals surface area contributed by atoms with E-state index in [-0.39, 0.29) is 11.4 Å². The maximum Gasteiger partial charge on any atom is 0.138 e. The van der Waals surface area contributed by atoms with Gasteiger partial charge in [-0.2, -0.15) is 5.26 Å². The molecule has 0 saturated carbocycles. The number of benzene rings is 1. The maximum absolute atomic E-state index is 10.8. The molecule has 0 heterocycles. The van der Waals surface area contributed by atoms with Crippen LogP contribution in [0.4, 0.5) is 5.69 Å². The average Bonchev–Trinajstić information content (AvgIpc) is 2.41. The fourth-order valence-corrected chi connectivity index (χ4v) is 1.99. The molecule has 0 aromatic heterocycles. The van der Waals surface area contributed by atoms with Crippen LogP contribution < -0.4 is 5.32 Å². The SMILES string of the molecule is CCCCc1cc(NCC#N)cc(C(Br)C=O)c1. The monoisotopic (exact) mass is 308 g/mol. The number of aryl methyl sites for hydroxylation is 1. The third-order valence-electron chi connectivity index (χ3n) is 2.64. The Morgan fingerprint density at radius 1 is 1.50 bits per heavy atom. The van der Waals surface area contributed by atoms with Crippen LogP contribution in [-0.4, -0.2) is 12.8 Å². The second-order valence-corrected chi connectivity index (χ2v) is 5.10. The highest BCUT2D eigenvalue weighted by atomic mass is 79.9. The van der Waals surface area contributed by atoms with Gasteiger partial charge in [0, 0.05) is 5.69 Å². The summed E-state index contributed by atoms with van der Waals surface area (Å²) in [5.74, 6) is 0. The first-order valence-corrected chi connectivity index (χ1v) is 6.97. The molecule has 1 rings (SSSR count). The van der Waals surface area contributed by atoms with Gasteiger partial charge in [-0.05, 0) is 36.1 Å². The van der Waals surface area contributed by atoms with E-state index in [1.54, 1.807) is 0 Å². The Kier molecular flexibility index (Phi) is 6.45. The summed E-state index contributed by atoms with van der Waals surface area (Å²) in [5.41, 5.74) is 3.02. The molecule has 0 aliphatic heterocycles. The zero-order chi connectivity index (χ0) is 13.4. The minimum Gasteiger partial charge on any atom is -0.372 e. The van der Waals surface area contributed by atoms with Gasteiger partial charge in [-0.25, -0.2) is 0 Å². The molecule has 18 heavy (non-hydrogen) atoms. The predicted molar refractivity (Wildman–Crippen MR) is 76.9 cm³/mol. The van der Waals surface area contributed by atoms with Crippen LogP contribution in [0.1, 0.15) is 35.7 Å². The summed E-state index contributed by atoms with van der Waals surface area (Å²) in [6.45, 7) is 2.42. The molecule has 1 unspecified atom stereocenters. The van der Waals surface area contributed by atoms with Crippen molar-refractivity contribution in [2.45, 2.75) is 31.0 Å². The number of aldehydes is 1. The molecule has 0 spiro atoms. The van der Waals surface area contributed by atoms with Gasteiger partial charge in [-0.3, -0.25) is 0 Å². The van der Waals surface area contributed by atoms with Gasteiger partial charge in [0.25, 0.3) is 0 Å². The Morgan fingerprint density at radius 2 is 2.28 bits per heavy atom. The van der Waals surface area contributed by atoms with Crippen molar-refractivity contribution in [3.05, 3.63) is 29.3 Å². The first-order valence-electron chi connectivity index (χ1n) is 6.05. The largest absolute Gasteiger partial charge is 0.372 e. The Bertz CT molecular complexity index is 440. The number of halogens is 1. The van der Waals surface area contributed by atoms with Crippen molar-refractivity contribution in [2.24, 2.45) is 0 Å². The third-order valence-corrected chi connectivity index (χ3v) is 3.39. The molecule has 1 aromatic rings. The molecular weight excluding hydrogens is 292 g/mol. The summed E-state index contributed by atoms with van der Waals surface area (Å²) in [7, 11) is 0. The molecule has 1 atom stereocenters. The highest BCUT2D eigenvalue weighted by Crippen LogP contribution is 2.25. The van der Waals surface area contributed by atoms with E-state index in [0.29, 0.717) is 0 Å². The van der Waals surface area contributed by atoms with Crippen LogP contribution in [0.5, 0.6) is 0 Å². The highest BCUT2D eigenvalue weighted by Gasteiger charge is 2.08. The number of nitrogens with one attached hydrogen (secondary N) is 1. The normalized spacial score (nSPS) is 11.6. The number of unbranched alkanes of at least 4 members (excludes halogenated alkanes) is 1. The van der Waals surface area contributed by atoms with Crippen LogP contribution in [-0.2, 0) is 11.2 Å². The highest BCUT2D eigenvalue weighted by molar-refractivity contribution is 9.09. The fraction of sp³-hybridized carbons (Fsp3) is 0.429. The smallest absolute Gasteiger partial charge is 0.138 e. The topological polar surface area (TPSA) is 52.9 Å². The van der Waals surface area contributed by atoms with Crippen LogP contribution in [0.3, 0.4) is 0 Å². The van der Waals surface area contributed by atoms with E-state index >= 15 is 0 Å². The first-order chi connectivity index (χ1) is 8.71. The van der Waals surface area contributed by atoms with E-state index in [1.165, 1.54) is 5.56 Å². The van der Waals surface area contributed by atoms with Gasteiger partial charge in [0.1, 0.15) is 12.8 Å². The Labute approximate surface area is 116 Å². The number of anilines is 1. The van der Waals surface area contributed by atoms with Crippen molar-refractivity contribution in [1.82, 2.24) is 0 Å². The summed E-state index contributed by atoms with van der Waals surface area (Å²) < 4.78 is 0. The number of rotatable bonds is 7. The van der Waals surface area contributed by atoms with Gasteiger partial charge in [-0.1, -0.05) is 35.3 Å². The number of carbonyl (C=O) groups excluding carboxylic acids is 1. The molecular formula is C14H17BrN2O. The lowest BCUT2D eigenvalue weighted by atomic mass is 10.0. The van der Waals surface area contributed by atoms with Gasteiger partial charge in [-0.15, -0.1) is 0 Å². The van der Waals surface area contributed by atoms with Crippen molar-refractivity contribution in [3.8, 4) is 6.07 Å². The predicted octanol–water partition coefficient (Wildman–Crippen LogP) is 3.60. The van der Waals surface area contributed by atoms with Crippen LogP contribution in [0.2, 0.25) is 0 Å². The van der Waals surface area contributed by atoms with Crippen molar-refractivity contribution < 1.29 is 4.79 Å². The zero-order valence-electron chi connectivity index (χ0n) is 10.4. The molecule has 0 bridgehead atoms. The van der Waals surface area contributed by atoms with Gasteiger partial charge >= 0.3 is 0 Å². The summed E-state index contributed by atoms with van der Waals surface area (Å²) in [4.78, 5) is 10.5. The van der Waals surface area contributed by atoms with Crippen LogP contribution in [0, 0.1) is 11.3 Å². The van der Waals surface area contributed by atoms with Gasteiger partial charge in [0.05, 0.1) is 10.9 Å². The standard InChI is InChI=1S/C14H17BrN2O/c1-2-3-4-11-7-12(14(15)10-18)9-13(8-11)17-6-5-16/h7-10,14,17H,2-4,6H2,1H3. The molecule has 96 valence electrons. The van der Waals surface area contributed by atoms with Crippen LogP contribution >= 0.6 is 15.9 Å². The Hall–Kier alpha value is -1.34. The summed E-state index contributed by atoms with van der Waals surface area (Å²) in [6, 6.07) is 8.04. The third kappa shape index (κ3) is 4.50. The summed E-state index contributed by atoms with van der Waals surface area (Å²) >= 11 is 3.33. The van der Waals surface area contributed by atoms with E-state index in [4.69, 9.17) is 5.26 Å². The molecule has 1 aromatic carbocycles. The molecule has 4 heteroatoms. The molecule has 1 N–H and O–H groups in total. The maximum atomic E-state index is 10.8. The average molecular weight is 309 g/mol. The van der Waals surface area contributed by atoms with Gasteiger partial charge in [0.15, 0.2) is 0 Å². The zero-order valence-corrected chi connectivity index (χ0v) is 12.0. The number of alkyl halides is 1. The molecule has 3 nitrogen and oxygen atoms in total. The molecule has 0 radical (unpaired) electrons. The first kappa shape index (κ1) is 14.7. The Morgan fingerprint density at radius 3 is 2.89 bits per heavy atom. The fourth-order valence-electron chi connectivity index (χ4n) is 1.73. The van der Waals surface area contributed by atoms with E-state index in [2.05, 4.69) is 28.2 Å². The minimum atomic E-state index is -0.290. The Balaban J connectivity index is 2.95. The summed E-state index contributed by atoms with van der Waals surface area (Å²) in [5, 5.41) is 11.6. The van der Waals surface area contributed by atoms with Crippen LogP contribution in [0.25, 0.3) is 0 Å². The number of nitriles is 1. The lowest BCUT2D eigenvalue weighted by Gasteiger charge is -2.11. The number of nitrogens with zero attached hydrogens (tertiary/aromatic N) is 1. The van der Waals surface area contributed by atoms with Crippen molar-refractivity contribution in [1.29, 1.82) is 5.26 Å². The molecule has 0 saturated heterocycles. The van der Waals surface area contributed by atoms with Gasteiger partial charge < -0.3 is 10.1 Å².